The lowest BCUT2D eigenvalue weighted by molar-refractivity contribution is 0.470. The predicted octanol–water partition coefficient (Wildman–Crippen LogP) is 2.41. The number of hydrogen-bond donors (Lipinski definition) is 2. The zero-order valence-corrected chi connectivity index (χ0v) is 8.84. The first kappa shape index (κ1) is 9.03. The van der Waals surface area contributed by atoms with E-state index < -0.39 is 0 Å². The number of rotatable bonds is 3. The zero-order valence-electron chi connectivity index (χ0n) is 7.26. The third-order valence-corrected chi connectivity index (χ3v) is 2.85. The molecule has 0 amide bonds. The largest absolute Gasteiger partial charge is 0.507 e. The molecular weight excluding hydrogens is 230 g/mol. The van der Waals surface area contributed by atoms with Gasteiger partial charge >= 0.3 is 0 Å². The number of halogens is 1. The molecule has 0 bridgehead atoms. The molecule has 1 aliphatic carbocycles. The fourth-order valence-corrected chi connectivity index (χ4v) is 1.46. The van der Waals surface area contributed by atoms with Crippen molar-refractivity contribution in [1.82, 2.24) is 5.32 Å². The van der Waals surface area contributed by atoms with E-state index in [0.717, 1.165) is 16.6 Å². The Morgan fingerprint density at radius 2 is 2.23 bits per heavy atom. The Morgan fingerprint density at radius 3 is 2.85 bits per heavy atom. The smallest absolute Gasteiger partial charge is 0.130 e. The lowest BCUT2D eigenvalue weighted by Crippen LogP contribution is -2.14. The molecule has 0 aromatic heterocycles. The van der Waals surface area contributed by atoms with Gasteiger partial charge in [-0.3, -0.25) is 0 Å². The maximum Gasteiger partial charge on any atom is 0.130 e. The van der Waals surface area contributed by atoms with Crippen LogP contribution in [0.15, 0.2) is 22.7 Å². The molecule has 70 valence electrons. The molecular formula is C10H12BrNO. The molecule has 2 nitrogen and oxygen atoms in total. The monoisotopic (exact) mass is 241 g/mol. The lowest BCUT2D eigenvalue weighted by atomic mass is 10.2. The van der Waals surface area contributed by atoms with Crippen molar-refractivity contribution in [2.45, 2.75) is 25.4 Å². The van der Waals surface area contributed by atoms with Gasteiger partial charge in [-0.2, -0.15) is 0 Å². The van der Waals surface area contributed by atoms with Crippen molar-refractivity contribution in [2.24, 2.45) is 0 Å². The summed E-state index contributed by atoms with van der Waals surface area (Å²) in [6.07, 6.45) is 2.59. The van der Waals surface area contributed by atoms with Gasteiger partial charge in [0.1, 0.15) is 5.75 Å². The summed E-state index contributed by atoms with van der Waals surface area (Å²) in [5.74, 6) is 0.315. The minimum absolute atomic E-state index is 0.315. The summed E-state index contributed by atoms with van der Waals surface area (Å²) in [7, 11) is 0. The first-order valence-corrected chi connectivity index (χ1v) is 5.26. The van der Waals surface area contributed by atoms with Crippen LogP contribution < -0.4 is 5.32 Å². The van der Waals surface area contributed by atoms with Crippen LogP contribution in [0.25, 0.3) is 0 Å². The van der Waals surface area contributed by atoms with Crippen molar-refractivity contribution in [3.05, 3.63) is 28.2 Å². The number of hydrogen-bond acceptors (Lipinski definition) is 2. The van der Waals surface area contributed by atoms with E-state index in [-0.39, 0.29) is 0 Å². The van der Waals surface area contributed by atoms with Crippen LogP contribution in [0.4, 0.5) is 0 Å². The lowest BCUT2D eigenvalue weighted by Gasteiger charge is -2.04. The van der Waals surface area contributed by atoms with Gasteiger partial charge in [0.15, 0.2) is 0 Å². The van der Waals surface area contributed by atoms with Crippen molar-refractivity contribution in [1.29, 1.82) is 0 Å². The Kier molecular flexibility index (Phi) is 2.56. The molecule has 0 atom stereocenters. The van der Waals surface area contributed by atoms with Crippen molar-refractivity contribution in [3.63, 3.8) is 0 Å². The highest BCUT2D eigenvalue weighted by atomic mass is 79.9. The summed E-state index contributed by atoms with van der Waals surface area (Å²) in [4.78, 5) is 0. The Labute approximate surface area is 86.1 Å². The topological polar surface area (TPSA) is 32.3 Å². The van der Waals surface area contributed by atoms with E-state index in [1.165, 1.54) is 12.8 Å². The summed E-state index contributed by atoms with van der Waals surface area (Å²) in [5, 5.41) is 12.8. The van der Waals surface area contributed by atoms with Gasteiger partial charge in [0.05, 0.1) is 4.47 Å². The summed E-state index contributed by atoms with van der Waals surface area (Å²) in [6, 6.07) is 6.39. The van der Waals surface area contributed by atoms with Gasteiger partial charge < -0.3 is 10.4 Å². The molecule has 3 heteroatoms. The molecule has 0 aliphatic heterocycles. The molecule has 0 heterocycles. The van der Waals surface area contributed by atoms with Gasteiger partial charge in [-0.25, -0.2) is 0 Å². The molecule has 0 radical (unpaired) electrons. The molecule has 1 saturated carbocycles. The van der Waals surface area contributed by atoms with Crippen molar-refractivity contribution >= 4 is 15.9 Å². The van der Waals surface area contributed by atoms with E-state index in [4.69, 9.17) is 0 Å². The van der Waals surface area contributed by atoms with Crippen molar-refractivity contribution < 1.29 is 5.11 Å². The molecule has 1 aromatic rings. The first-order chi connectivity index (χ1) is 6.25. The molecule has 2 rings (SSSR count). The molecule has 1 aliphatic rings. The fourth-order valence-electron chi connectivity index (χ4n) is 1.22. The molecule has 1 aromatic carbocycles. The maximum absolute atomic E-state index is 9.41. The zero-order chi connectivity index (χ0) is 9.26. The standard InChI is InChI=1S/C10H12BrNO/c11-9-4-1-7(5-10(9)13)6-12-8-2-3-8/h1,4-5,8,12-13H,2-3,6H2. The van der Waals surface area contributed by atoms with E-state index in [1.54, 1.807) is 6.07 Å². The highest BCUT2D eigenvalue weighted by Gasteiger charge is 2.19. The van der Waals surface area contributed by atoms with Gasteiger partial charge in [0.2, 0.25) is 0 Å². The number of phenolic OH excluding ortho intramolecular Hbond substituents is 1. The summed E-state index contributed by atoms with van der Waals surface area (Å²) >= 11 is 3.25. The molecule has 1 fully saturated rings. The number of phenols is 1. The van der Waals surface area contributed by atoms with Crippen LogP contribution in [0.5, 0.6) is 5.75 Å². The molecule has 2 N–H and O–H groups in total. The highest BCUT2D eigenvalue weighted by molar-refractivity contribution is 9.10. The summed E-state index contributed by atoms with van der Waals surface area (Å²) < 4.78 is 0.752. The van der Waals surface area contributed by atoms with Crippen LogP contribution in [0, 0.1) is 0 Å². The number of benzene rings is 1. The Bertz CT molecular complexity index is 310. The predicted molar refractivity (Wildman–Crippen MR) is 55.7 cm³/mol. The van der Waals surface area contributed by atoms with Crippen LogP contribution >= 0.6 is 15.9 Å². The first-order valence-electron chi connectivity index (χ1n) is 4.46. The second-order valence-corrected chi connectivity index (χ2v) is 4.30. The van der Waals surface area contributed by atoms with E-state index in [2.05, 4.69) is 21.2 Å². The molecule has 0 spiro atoms. The molecule has 13 heavy (non-hydrogen) atoms. The van der Waals surface area contributed by atoms with Crippen LogP contribution in [0.2, 0.25) is 0 Å². The number of nitrogens with one attached hydrogen (secondary N) is 1. The van der Waals surface area contributed by atoms with Gasteiger partial charge in [-0.15, -0.1) is 0 Å². The van der Waals surface area contributed by atoms with Gasteiger partial charge in [-0.05, 0) is 46.5 Å². The van der Waals surface area contributed by atoms with Crippen LogP contribution in [-0.4, -0.2) is 11.1 Å². The van der Waals surface area contributed by atoms with E-state index in [0.29, 0.717) is 11.8 Å². The second-order valence-electron chi connectivity index (χ2n) is 3.44. The second kappa shape index (κ2) is 3.68. The van der Waals surface area contributed by atoms with Crippen molar-refractivity contribution in [2.75, 3.05) is 0 Å². The minimum atomic E-state index is 0.315. The van der Waals surface area contributed by atoms with Gasteiger partial charge in [0, 0.05) is 12.6 Å². The van der Waals surface area contributed by atoms with Gasteiger partial charge in [0.25, 0.3) is 0 Å². The normalized spacial score (nSPS) is 16.1. The van der Waals surface area contributed by atoms with E-state index in [9.17, 15) is 5.11 Å². The van der Waals surface area contributed by atoms with E-state index in [1.807, 2.05) is 12.1 Å². The quantitative estimate of drug-likeness (QED) is 0.853. The fraction of sp³-hybridized carbons (Fsp3) is 0.400. The highest BCUT2D eigenvalue weighted by Crippen LogP contribution is 2.25. The minimum Gasteiger partial charge on any atom is -0.507 e. The number of aromatic hydroxyl groups is 1. The Hall–Kier alpha value is -0.540. The SMILES string of the molecule is Oc1cc(CNC2CC2)ccc1Br. The maximum atomic E-state index is 9.41. The van der Waals surface area contributed by atoms with Crippen LogP contribution in [0.3, 0.4) is 0 Å². The summed E-state index contributed by atoms with van der Waals surface area (Å²) in [6.45, 7) is 0.853. The van der Waals surface area contributed by atoms with Crippen LogP contribution in [-0.2, 0) is 6.54 Å². The Balaban J connectivity index is 1.98. The van der Waals surface area contributed by atoms with E-state index >= 15 is 0 Å². The molecule has 0 saturated heterocycles. The van der Waals surface area contributed by atoms with Crippen molar-refractivity contribution in [3.8, 4) is 5.75 Å². The average Bonchev–Trinajstić information content (AvgIpc) is 2.91. The summed E-state index contributed by atoms with van der Waals surface area (Å²) in [5.41, 5.74) is 1.13. The third kappa shape index (κ3) is 2.45. The Morgan fingerprint density at radius 1 is 1.46 bits per heavy atom. The average molecular weight is 242 g/mol. The van der Waals surface area contributed by atoms with Gasteiger partial charge in [-0.1, -0.05) is 6.07 Å². The van der Waals surface area contributed by atoms with Crippen LogP contribution in [0.1, 0.15) is 18.4 Å². The third-order valence-electron chi connectivity index (χ3n) is 2.18. The molecule has 0 unspecified atom stereocenters.